The molecule has 2 aliphatic heterocycles. The lowest BCUT2D eigenvalue weighted by atomic mass is 10.2. The maximum absolute atomic E-state index is 11.5. The molecule has 2 aliphatic rings. The number of likely N-dealkylation sites (tertiary alicyclic amines) is 2. The van der Waals surface area contributed by atoms with Crippen LogP contribution in [0.4, 0.5) is 0 Å². The molecule has 14 heavy (non-hydrogen) atoms. The van der Waals surface area contributed by atoms with Crippen LogP contribution >= 0.6 is 0 Å². The molecule has 2 heterocycles. The van der Waals surface area contributed by atoms with Crippen LogP contribution in [0.2, 0.25) is 0 Å². The summed E-state index contributed by atoms with van der Waals surface area (Å²) in [6, 6.07) is 0. The van der Waals surface area contributed by atoms with E-state index in [1.54, 1.807) is 0 Å². The maximum Gasteiger partial charge on any atom is 0.243 e. The van der Waals surface area contributed by atoms with Gasteiger partial charge < -0.3 is 5.11 Å². The van der Waals surface area contributed by atoms with Gasteiger partial charge in [0.15, 0.2) is 0 Å². The van der Waals surface area contributed by atoms with Crippen molar-refractivity contribution in [1.82, 2.24) is 9.80 Å². The van der Waals surface area contributed by atoms with Crippen molar-refractivity contribution in [2.24, 2.45) is 0 Å². The van der Waals surface area contributed by atoms with E-state index in [1.807, 2.05) is 4.90 Å². The zero-order chi connectivity index (χ0) is 10.1. The molecule has 5 heteroatoms. The fourth-order valence-electron chi connectivity index (χ4n) is 1.86. The van der Waals surface area contributed by atoms with Crippen LogP contribution < -0.4 is 0 Å². The first kappa shape index (κ1) is 9.61. The molecular weight excluding hydrogens is 184 g/mol. The van der Waals surface area contributed by atoms with Gasteiger partial charge in [0.25, 0.3) is 0 Å². The number of imide groups is 1. The van der Waals surface area contributed by atoms with Gasteiger partial charge >= 0.3 is 0 Å². The Morgan fingerprint density at radius 2 is 2.21 bits per heavy atom. The molecule has 2 amide bonds. The maximum atomic E-state index is 11.5. The van der Waals surface area contributed by atoms with E-state index >= 15 is 0 Å². The Morgan fingerprint density at radius 3 is 2.71 bits per heavy atom. The predicted octanol–water partition coefficient (Wildman–Crippen LogP) is -1.19. The quantitative estimate of drug-likeness (QED) is 0.606. The molecule has 0 unspecified atom stereocenters. The molecule has 2 rings (SSSR count). The van der Waals surface area contributed by atoms with Gasteiger partial charge in [-0.1, -0.05) is 0 Å². The van der Waals surface area contributed by atoms with Crippen LogP contribution in [0.1, 0.15) is 12.8 Å². The molecule has 2 saturated heterocycles. The molecule has 0 aliphatic carbocycles. The lowest BCUT2D eigenvalue weighted by Gasteiger charge is -2.35. The van der Waals surface area contributed by atoms with Crippen molar-refractivity contribution < 1.29 is 14.7 Å². The minimum atomic E-state index is -0.294. The van der Waals surface area contributed by atoms with Crippen LogP contribution in [0.5, 0.6) is 0 Å². The highest BCUT2D eigenvalue weighted by molar-refractivity contribution is 5.97. The van der Waals surface area contributed by atoms with Gasteiger partial charge in [-0.3, -0.25) is 19.4 Å². The number of aliphatic hydroxyl groups excluding tert-OH is 1. The van der Waals surface area contributed by atoms with Crippen LogP contribution in [0, 0.1) is 0 Å². The number of β-amino-alcohol motifs (C(OH)–C–C–N with tert-alkyl or cyclic N) is 1. The number of carbonyl (C=O) groups excluding carboxylic acids is 2. The highest BCUT2D eigenvalue weighted by Gasteiger charge is 2.31. The second kappa shape index (κ2) is 3.67. The highest BCUT2D eigenvalue weighted by atomic mass is 16.3. The second-order valence-electron chi connectivity index (χ2n) is 3.89. The Balaban J connectivity index is 1.80. The Hall–Kier alpha value is -0.940. The van der Waals surface area contributed by atoms with Gasteiger partial charge in [-0.05, 0) is 6.42 Å². The van der Waals surface area contributed by atoms with Crippen molar-refractivity contribution in [3.63, 3.8) is 0 Å². The summed E-state index contributed by atoms with van der Waals surface area (Å²) in [5.41, 5.74) is 0. The molecule has 1 N–H and O–H groups in total. The van der Waals surface area contributed by atoms with Crippen LogP contribution in [0.3, 0.4) is 0 Å². The number of nitrogens with zero attached hydrogens (tertiary/aromatic N) is 2. The van der Waals surface area contributed by atoms with Gasteiger partial charge in [0.2, 0.25) is 11.8 Å². The fraction of sp³-hybridized carbons (Fsp3) is 0.778. The van der Waals surface area contributed by atoms with E-state index in [0.29, 0.717) is 26.1 Å². The third-order valence-corrected chi connectivity index (χ3v) is 2.67. The fourth-order valence-corrected chi connectivity index (χ4v) is 1.86. The number of aliphatic hydroxyl groups is 1. The first-order valence-electron chi connectivity index (χ1n) is 4.90. The van der Waals surface area contributed by atoms with Gasteiger partial charge in [-0.15, -0.1) is 0 Å². The predicted molar refractivity (Wildman–Crippen MR) is 48.4 cm³/mol. The molecule has 0 spiro atoms. The molecule has 78 valence electrons. The molecule has 0 radical (unpaired) electrons. The Bertz CT molecular complexity index is 261. The molecule has 0 aromatic carbocycles. The molecule has 0 bridgehead atoms. The lowest BCUT2D eigenvalue weighted by Crippen LogP contribution is -2.54. The zero-order valence-electron chi connectivity index (χ0n) is 7.98. The van der Waals surface area contributed by atoms with Crippen LogP contribution in [-0.4, -0.2) is 59.0 Å². The van der Waals surface area contributed by atoms with Gasteiger partial charge in [-0.25, -0.2) is 0 Å². The zero-order valence-corrected chi connectivity index (χ0v) is 7.98. The van der Waals surface area contributed by atoms with Gasteiger partial charge in [0, 0.05) is 26.1 Å². The third kappa shape index (κ3) is 1.78. The minimum Gasteiger partial charge on any atom is -0.390 e. The van der Waals surface area contributed by atoms with E-state index in [1.165, 1.54) is 4.90 Å². The Kier molecular flexibility index (Phi) is 2.52. The monoisotopic (exact) mass is 198 g/mol. The van der Waals surface area contributed by atoms with Crippen molar-refractivity contribution in [2.45, 2.75) is 18.9 Å². The van der Waals surface area contributed by atoms with Crippen molar-refractivity contribution in [2.75, 3.05) is 26.2 Å². The molecule has 0 atom stereocenters. The normalized spacial score (nSPS) is 24.1. The molecule has 5 nitrogen and oxygen atoms in total. The number of carbonyl (C=O) groups is 2. The van der Waals surface area contributed by atoms with Crippen molar-refractivity contribution in [1.29, 1.82) is 0 Å². The molecule has 0 saturated carbocycles. The van der Waals surface area contributed by atoms with E-state index in [-0.39, 0.29) is 24.5 Å². The van der Waals surface area contributed by atoms with Crippen LogP contribution in [0.25, 0.3) is 0 Å². The van der Waals surface area contributed by atoms with E-state index in [0.717, 1.165) is 6.42 Å². The van der Waals surface area contributed by atoms with Gasteiger partial charge in [0.05, 0.1) is 12.6 Å². The summed E-state index contributed by atoms with van der Waals surface area (Å²) in [7, 11) is 0. The van der Waals surface area contributed by atoms with Gasteiger partial charge in [-0.2, -0.15) is 0 Å². The average Bonchev–Trinajstić information content (AvgIpc) is 2.48. The summed E-state index contributed by atoms with van der Waals surface area (Å²) in [5.74, 6) is -0.185. The van der Waals surface area contributed by atoms with Crippen LogP contribution in [0.15, 0.2) is 0 Å². The number of hydrogen-bond donors (Lipinski definition) is 1. The summed E-state index contributed by atoms with van der Waals surface area (Å²) >= 11 is 0. The summed E-state index contributed by atoms with van der Waals surface area (Å²) < 4.78 is 0. The average molecular weight is 198 g/mol. The summed E-state index contributed by atoms with van der Waals surface area (Å²) in [6.45, 7) is 1.93. The van der Waals surface area contributed by atoms with Crippen LogP contribution in [-0.2, 0) is 9.59 Å². The first-order chi connectivity index (χ1) is 6.66. The van der Waals surface area contributed by atoms with E-state index < -0.39 is 0 Å². The molecular formula is C9H14N2O3. The number of rotatable bonds is 2. The van der Waals surface area contributed by atoms with Crippen molar-refractivity contribution in [3.05, 3.63) is 0 Å². The third-order valence-electron chi connectivity index (χ3n) is 2.67. The largest absolute Gasteiger partial charge is 0.390 e. The first-order valence-corrected chi connectivity index (χ1v) is 4.90. The second-order valence-corrected chi connectivity index (χ2v) is 3.89. The summed E-state index contributed by atoms with van der Waals surface area (Å²) in [6.07, 6.45) is 0.985. The Labute approximate surface area is 82.3 Å². The van der Waals surface area contributed by atoms with Gasteiger partial charge in [0.1, 0.15) is 0 Å². The standard InChI is InChI=1S/C9H14N2O3/c12-7-4-10(5-7)6-9(14)11-3-1-2-8(11)13/h7,12H,1-6H2. The molecule has 0 aromatic heterocycles. The van der Waals surface area contributed by atoms with Crippen molar-refractivity contribution in [3.8, 4) is 0 Å². The van der Waals surface area contributed by atoms with E-state index in [4.69, 9.17) is 5.11 Å². The Morgan fingerprint density at radius 1 is 1.50 bits per heavy atom. The highest BCUT2D eigenvalue weighted by Crippen LogP contribution is 2.12. The number of hydrogen-bond acceptors (Lipinski definition) is 4. The number of amides is 2. The van der Waals surface area contributed by atoms with E-state index in [9.17, 15) is 9.59 Å². The van der Waals surface area contributed by atoms with E-state index in [2.05, 4.69) is 0 Å². The van der Waals surface area contributed by atoms with Crippen molar-refractivity contribution >= 4 is 11.8 Å². The lowest BCUT2D eigenvalue weighted by molar-refractivity contribution is -0.144. The molecule has 2 fully saturated rings. The molecule has 0 aromatic rings. The summed E-state index contributed by atoms with van der Waals surface area (Å²) in [5, 5.41) is 9.02. The SMILES string of the molecule is O=C1CCCN1C(=O)CN1CC(O)C1. The smallest absolute Gasteiger partial charge is 0.243 e. The summed E-state index contributed by atoms with van der Waals surface area (Å²) in [4.78, 5) is 25.9. The topological polar surface area (TPSA) is 60.9 Å². The minimum absolute atomic E-state index is 0.0592.